The number of hydrogen-bond donors (Lipinski definition) is 2. The van der Waals surface area contributed by atoms with Crippen LogP contribution >= 0.6 is 11.6 Å². The zero-order valence-electron chi connectivity index (χ0n) is 24.7. The van der Waals surface area contributed by atoms with Gasteiger partial charge in [-0.1, -0.05) is 90.8 Å². The van der Waals surface area contributed by atoms with E-state index in [1.165, 1.54) is 4.90 Å². The lowest BCUT2D eigenvalue weighted by Crippen LogP contribution is -2.53. The first-order valence-corrected chi connectivity index (χ1v) is 14.2. The molecule has 2 N–H and O–H groups in total. The number of rotatable bonds is 10. The van der Waals surface area contributed by atoms with E-state index in [0.29, 0.717) is 22.7 Å². The number of carbonyl (C=O) groups excluding carboxylic acids is 3. The van der Waals surface area contributed by atoms with Crippen LogP contribution in [0.1, 0.15) is 62.4 Å². The highest BCUT2D eigenvalue weighted by atomic mass is 35.5. The van der Waals surface area contributed by atoms with E-state index in [1.807, 2.05) is 87.5 Å². The van der Waals surface area contributed by atoms with Crippen LogP contribution in [0.3, 0.4) is 0 Å². The van der Waals surface area contributed by atoms with Crippen molar-refractivity contribution in [1.82, 2.24) is 10.2 Å². The van der Waals surface area contributed by atoms with Gasteiger partial charge in [-0.25, -0.2) is 4.79 Å². The average molecular weight is 578 g/mol. The molecule has 0 fully saturated rings. The molecule has 218 valence electrons. The summed E-state index contributed by atoms with van der Waals surface area (Å²) in [6.07, 6.45) is 0.119. The van der Waals surface area contributed by atoms with E-state index >= 15 is 0 Å². The maximum atomic E-state index is 14.4. The van der Waals surface area contributed by atoms with Crippen molar-refractivity contribution in [2.24, 2.45) is 0 Å². The lowest BCUT2D eigenvalue weighted by molar-refractivity contribution is -0.140. The van der Waals surface area contributed by atoms with Crippen LogP contribution in [-0.4, -0.2) is 41.0 Å². The van der Waals surface area contributed by atoms with Crippen molar-refractivity contribution in [2.45, 2.75) is 72.1 Å². The van der Waals surface area contributed by atoms with E-state index < -0.39 is 35.6 Å². The molecule has 0 aliphatic heterocycles. The minimum atomic E-state index is -0.975. The SMILES string of the molecule is CCCN(C(=O)C(Cc1ccccc1)NC(=O)OC(C)(C)C)C(C(=O)Nc1c(C)cccc1Cl)c1ccc(C)cc1. The van der Waals surface area contributed by atoms with E-state index in [1.54, 1.807) is 26.8 Å². The third-order valence-electron chi connectivity index (χ3n) is 6.44. The predicted molar refractivity (Wildman–Crippen MR) is 164 cm³/mol. The van der Waals surface area contributed by atoms with Crippen molar-refractivity contribution < 1.29 is 19.1 Å². The lowest BCUT2D eigenvalue weighted by atomic mass is 9.99. The largest absolute Gasteiger partial charge is 0.444 e. The summed E-state index contributed by atoms with van der Waals surface area (Å²) in [5.74, 6) is -0.791. The molecule has 2 atom stereocenters. The van der Waals surface area contributed by atoms with Gasteiger partial charge in [0.05, 0.1) is 10.7 Å². The first-order chi connectivity index (χ1) is 19.4. The van der Waals surface area contributed by atoms with E-state index in [2.05, 4.69) is 10.6 Å². The van der Waals surface area contributed by atoms with Gasteiger partial charge in [-0.2, -0.15) is 0 Å². The Morgan fingerprint density at radius 1 is 0.927 bits per heavy atom. The fourth-order valence-electron chi connectivity index (χ4n) is 4.51. The smallest absolute Gasteiger partial charge is 0.408 e. The van der Waals surface area contributed by atoms with Crippen molar-refractivity contribution >= 4 is 35.2 Å². The Morgan fingerprint density at radius 2 is 1.59 bits per heavy atom. The van der Waals surface area contributed by atoms with Crippen molar-refractivity contribution in [1.29, 1.82) is 0 Å². The van der Waals surface area contributed by atoms with Gasteiger partial charge in [0.25, 0.3) is 5.91 Å². The molecule has 0 heterocycles. The maximum Gasteiger partial charge on any atom is 0.408 e. The molecule has 0 aliphatic carbocycles. The first-order valence-electron chi connectivity index (χ1n) is 13.9. The number of nitrogens with one attached hydrogen (secondary N) is 2. The summed E-state index contributed by atoms with van der Waals surface area (Å²) in [5.41, 5.74) is 3.09. The molecule has 0 aromatic heterocycles. The number of halogens is 1. The summed E-state index contributed by atoms with van der Waals surface area (Å²) < 4.78 is 5.49. The van der Waals surface area contributed by atoms with Crippen molar-refractivity contribution in [3.63, 3.8) is 0 Å². The van der Waals surface area contributed by atoms with Gasteiger partial charge in [0, 0.05) is 13.0 Å². The highest BCUT2D eigenvalue weighted by Crippen LogP contribution is 2.30. The molecule has 0 spiro atoms. The minimum absolute atomic E-state index is 0.227. The molecule has 3 amide bonds. The standard InChI is InChI=1S/C33H40ClN3O4/c1-7-20-37(31(39)27(21-24-13-9-8-10-14-24)35-32(40)41-33(4,5)6)29(25-18-16-22(2)17-19-25)30(38)36-28-23(3)12-11-15-26(28)34/h8-19,27,29H,7,20-21H2,1-6H3,(H,35,40)(H,36,38). The summed E-state index contributed by atoms with van der Waals surface area (Å²) >= 11 is 6.44. The minimum Gasteiger partial charge on any atom is -0.444 e. The quantitative estimate of drug-likeness (QED) is 0.271. The zero-order chi connectivity index (χ0) is 30.2. The van der Waals surface area contributed by atoms with E-state index in [-0.39, 0.29) is 13.0 Å². The number of aryl methyl sites for hydroxylation is 2. The van der Waals surface area contributed by atoms with Gasteiger partial charge >= 0.3 is 6.09 Å². The molecule has 2 unspecified atom stereocenters. The fraction of sp³-hybridized carbons (Fsp3) is 0.364. The number of hydrogen-bond acceptors (Lipinski definition) is 4. The number of amides is 3. The second kappa shape index (κ2) is 14.2. The molecule has 0 saturated heterocycles. The summed E-state index contributed by atoms with van der Waals surface area (Å²) in [5, 5.41) is 6.15. The Balaban J connectivity index is 2.05. The van der Waals surface area contributed by atoms with Crippen LogP contribution in [-0.2, 0) is 20.7 Å². The van der Waals surface area contributed by atoms with Crippen LogP contribution < -0.4 is 10.6 Å². The van der Waals surface area contributed by atoms with Crippen LogP contribution in [0.25, 0.3) is 0 Å². The molecule has 0 radical (unpaired) electrons. The van der Waals surface area contributed by atoms with Crippen LogP contribution in [0, 0.1) is 13.8 Å². The first kappa shape index (κ1) is 31.7. The number of carbonyl (C=O) groups is 3. The van der Waals surface area contributed by atoms with Crippen LogP contribution in [0.15, 0.2) is 72.8 Å². The number of alkyl carbamates (subject to hydrolysis) is 1. The number of para-hydroxylation sites is 1. The van der Waals surface area contributed by atoms with E-state index in [0.717, 1.165) is 16.7 Å². The number of nitrogens with zero attached hydrogens (tertiary/aromatic N) is 1. The number of anilines is 1. The lowest BCUT2D eigenvalue weighted by Gasteiger charge is -2.34. The Kier molecular flexibility index (Phi) is 11.0. The van der Waals surface area contributed by atoms with Gasteiger partial charge in [-0.15, -0.1) is 0 Å². The van der Waals surface area contributed by atoms with Crippen molar-refractivity contribution in [2.75, 3.05) is 11.9 Å². The molecular formula is C33H40ClN3O4. The van der Waals surface area contributed by atoms with Crippen LogP contribution in [0.5, 0.6) is 0 Å². The summed E-state index contributed by atoms with van der Waals surface area (Å²) in [6.45, 7) is 11.3. The molecule has 41 heavy (non-hydrogen) atoms. The second-order valence-corrected chi connectivity index (χ2v) is 11.6. The van der Waals surface area contributed by atoms with Crippen molar-refractivity contribution in [3.8, 4) is 0 Å². The Morgan fingerprint density at radius 3 is 2.17 bits per heavy atom. The van der Waals surface area contributed by atoms with E-state index in [9.17, 15) is 14.4 Å². The molecule has 3 aromatic rings. The van der Waals surface area contributed by atoms with Gasteiger partial charge in [-0.05, 0) is 63.8 Å². The molecule has 0 aliphatic rings. The van der Waals surface area contributed by atoms with Gasteiger partial charge in [0.2, 0.25) is 5.91 Å². The highest BCUT2D eigenvalue weighted by Gasteiger charge is 2.36. The molecule has 0 bridgehead atoms. The molecule has 8 heteroatoms. The topological polar surface area (TPSA) is 87.7 Å². The van der Waals surface area contributed by atoms with E-state index in [4.69, 9.17) is 16.3 Å². The Labute approximate surface area is 248 Å². The Hall–Kier alpha value is -3.84. The molecule has 0 saturated carbocycles. The summed E-state index contributed by atoms with van der Waals surface area (Å²) in [4.78, 5) is 42.8. The molecule has 3 rings (SSSR count). The van der Waals surface area contributed by atoms with Gasteiger partial charge < -0.3 is 20.3 Å². The van der Waals surface area contributed by atoms with Crippen molar-refractivity contribution in [3.05, 3.63) is 100 Å². The Bertz CT molecular complexity index is 1320. The maximum absolute atomic E-state index is 14.4. The predicted octanol–water partition coefficient (Wildman–Crippen LogP) is 7.01. The van der Waals surface area contributed by atoms with Crippen LogP contribution in [0.2, 0.25) is 5.02 Å². The monoisotopic (exact) mass is 577 g/mol. The molecule has 3 aromatic carbocycles. The average Bonchev–Trinajstić information content (AvgIpc) is 2.90. The zero-order valence-corrected chi connectivity index (χ0v) is 25.4. The summed E-state index contributed by atoms with van der Waals surface area (Å²) in [7, 11) is 0. The second-order valence-electron chi connectivity index (χ2n) is 11.2. The highest BCUT2D eigenvalue weighted by molar-refractivity contribution is 6.34. The van der Waals surface area contributed by atoms with Gasteiger partial charge in [0.1, 0.15) is 17.7 Å². The third kappa shape index (κ3) is 9.08. The van der Waals surface area contributed by atoms with Gasteiger partial charge in [0.15, 0.2) is 0 Å². The normalized spacial score (nSPS) is 12.7. The fourth-order valence-corrected chi connectivity index (χ4v) is 4.78. The third-order valence-corrected chi connectivity index (χ3v) is 6.76. The molecular weight excluding hydrogens is 538 g/mol. The summed E-state index contributed by atoms with van der Waals surface area (Å²) in [6, 6.07) is 20.4. The van der Waals surface area contributed by atoms with Crippen LogP contribution in [0.4, 0.5) is 10.5 Å². The molecule has 7 nitrogen and oxygen atoms in total. The number of benzene rings is 3. The van der Waals surface area contributed by atoms with Gasteiger partial charge in [-0.3, -0.25) is 9.59 Å². The number of ether oxygens (including phenoxy) is 1.